The highest BCUT2D eigenvalue weighted by Crippen LogP contribution is 2.14. The third-order valence-corrected chi connectivity index (χ3v) is 3.87. The van der Waals surface area contributed by atoms with Gasteiger partial charge in [0.15, 0.2) is 0 Å². The van der Waals surface area contributed by atoms with E-state index in [2.05, 4.69) is 34.7 Å². The molecule has 0 saturated heterocycles. The number of anilines is 1. The first-order valence-corrected chi connectivity index (χ1v) is 8.73. The molecule has 3 amide bonds. The third-order valence-electron chi connectivity index (χ3n) is 3.87. The molecule has 0 spiro atoms. The van der Waals surface area contributed by atoms with Crippen LogP contribution < -0.4 is 16.0 Å². The standard InChI is InChI=1S/C19H32N4O2/c1-7-14(2)21-17(24)15-8-10-16(11-9-15)22-18(25)20-12-19(3,4)13-23(5)6/h8-11,14H,7,12-13H2,1-6H3,(H,21,24)(H2,20,22,25)/t14-/m0/s1. The molecular weight excluding hydrogens is 316 g/mol. The van der Waals surface area contributed by atoms with Crippen LogP contribution in [-0.2, 0) is 0 Å². The average Bonchev–Trinajstić information content (AvgIpc) is 2.52. The van der Waals surface area contributed by atoms with Crippen LogP contribution in [0.2, 0.25) is 0 Å². The molecule has 1 rings (SSSR count). The molecule has 0 aliphatic rings. The highest BCUT2D eigenvalue weighted by Gasteiger charge is 2.19. The van der Waals surface area contributed by atoms with Crippen molar-refractivity contribution in [2.24, 2.45) is 5.41 Å². The Hall–Kier alpha value is -2.08. The fourth-order valence-corrected chi connectivity index (χ4v) is 2.52. The summed E-state index contributed by atoms with van der Waals surface area (Å²) >= 11 is 0. The molecule has 1 atom stereocenters. The van der Waals surface area contributed by atoms with E-state index in [1.165, 1.54) is 0 Å². The molecular formula is C19H32N4O2. The predicted molar refractivity (Wildman–Crippen MR) is 103 cm³/mol. The van der Waals surface area contributed by atoms with E-state index in [4.69, 9.17) is 0 Å². The first-order valence-electron chi connectivity index (χ1n) is 8.73. The summed E-state index contributed by atoms with van der Waals surface area (Å²) in [6, 6.07) is 6.78. The lowest BCUT2D eigenvalue weighted by atomic mass is 9.93. The molecule has 0 bridgehead atoms. The zero-order chi connectivity index (χ0) is 19.0. The van der Waals surface area contributed by atoms with Gasteiger partial charge in [0.05, 0.1) is 0 Å². The number of nitrogens with one attached hydrogen (secondary N) is 3. The van der Waals surface area contributed by atoms with Crippen LogP contribution in [0.1, 0.15) is 44.5 Å². The Morgan fingerprint density at radius 2 is 1.76 bits per heavy atom. The number of hydrogen-bond acceptors (Lipinski definition) is 3. The van der Waals surface area contributed by atoms with Gasteiger partial charge in [0.25, 0.3) is 5.91 Å². The van der Waals surface area contributed by atoms with E-state index in [1.54, 1.807) is 24.3 Å². The van der Waals surface area contributed by atoms with Crippen molar-refractivity contribution in [1.82, 2.24) is 15.5 Å². The molecule has 0 radical (unpaired) electrons. The summed E-state index contributed by atoms with van der Waals surface area (Å²) in [5.41, 5.74) is 1.22. The summed E-state index contributed by atoms with van der Waals surface area (Å²) in [5, 5.41) is 8.60. The number of urea groups is 1. The van der Waals surface area contributed by atoms with Crippen LogP contribution in [0.3, 0.4) is 0 Å². The largest absolute Gasteiger partial charge is 0.350 e. The van der Waals surface area contributed by atoms with Crippen LogP contribution in [0.25, 0.3) is 0 Å². The first-order chi connectivity index (χ1) is 11.6. The molecule has 3 N–H and O–H groups in total. The van der Waals surface area contributed by atoms with Crippen LogP contribution in [0, 0.1) is 5.41 Å². The average molecular weight is 348 g/mol. The molecule has 0 aromatic heterocycles. The maximum Gasteiger partial charge on any atom is 0.319 e. The van der Waals surface area contributed by atoms with Crippen LogP contribution in [-0.4, -0.2) is 50.1 Å². The highest BCUT2D eigenvalue weighted by atomic mass is 16.2. The fraction of sp³-hybridized carbons (Fsp3) is 0.579. The Balaban J connectivity index is 2.52. The van der Waals surface area contributed by atoms with Gasteiger partial charge >= 0.3 is 6.03 Å². The summed E-state index contributed by atoms with van der Waals surface area (Å²) in [7, 11) is 4.03. The van der Waals surface area contributed by atoms with Gasteiger partial charge in [-0.2, -0.15) is 0 Å². The maximum atomic E-state index is 12.0. The molecule has 25 heavy (non-hydrogen) atoms. The monoisotopic (exact) mass is 348 g/mol. The molecule has 0 unspecified atom stereocenters. The van der Waals surface area contributed by atoms with Crippen LogP contribution >= 0.6 is 0 Å². The molecule has 6 nitrogen and oxygen atoms in total. The van der Waals surface area contributed by atoms with E-state index in [0.29, 0.717) is 17.8 Å². The second kappa shape index (κ2) is 9.42. The molecule has 0 aliphatic carbocycles. The van der Waals surface area contributed by atoms with Crippen molar-refractivity contribution in [3.63, 3.8) is 0 Å². The normalized spacial score (nSPS) is 12.6. The van der Waals surface area contributed by atoms with E-state index in [1.807, 2.05) is 27.9 Å². The van der Waals surface area contributed by atoms with Gasteiger partial charge in [-0.25, -0.2) is 4.79 Å². The molecule has 0 saturated carbocycles. The molecule has 1 aromatic rings. The Morgan fingerprint density at radius 1 is 1.16 bits per heavy atom. The third kappa shape index (κ3) is 8.03. The summed E-state index contributed by atoms with van der Waals surface area (Å²) < 4.78 is 0. The van der Waals surface area contributed by atoms with E-state index in [9.17, 15) is 9.59 Å². The highest BCUT2D eigenvalue weighted by molar-refractivity contribution is 5.95. The minimum Gasteiger partial charge on any atom is -0.350 e. The Bertz CT molecular complexity index is 567. The summed E-state index contributed by atoms with van der Waals surface area (Å²) in [6.45, 7) is 9.67. The molecule has 140 valence electrons. The molecule has 0 heterocycles. The summed E-state index contributed by atoms with van der Waals surface area (Å²) in [4.78, 5) is 26.2. The summed E-state index contributed by atoms with van der Waals surface area (Å²) in [6.07, 6.45) is 0.885. The van der Waals surface area contributed by atoms with Crippen molar-refractivity contribution in [3.05, 3.63) is 29.8 Å². The molecule has 0 fully saturated rings. The van der Waals surface area contributed by atoms with Gasteiger partial charge < -0.3 is 20.9 Å². The van der Waals surface area contributed by atoms with Gasteiger partial charge in [-0.1, -0.05) is 20.8 Å². The van der Waals surface area contributed by atoms with Crippen molar-refractivity contribution < 1.29 is 9.59 Å². The van der Waals surface area contributed by atoms with Gasteiger partial charge in [0.1, 0.15) is 0 Å². The predicted octanol–water partition coefficient (Wildman–Crippen LogP) is 2.92. The topological polar surface area (TPSA) is 73.5 Å². The smallest absolute Gasteiger partial charge is 0.319 e. The van der Waals surface area contributed by atoms with Gasteiger partial charge in [0.2, 0.25) is 0 Å². The maximum absolute atomic E-state index is 12.0. The fourth-order valence-electron chi connectivity index (χ4n) is 2.52. The van der Waals surface area contributed by atoms with Crippen molar-refractivity contribution in [1.29, 1.82) is 0 Å². The van der Waals surface area contributed by atoms with Gasteiger partial charge in [-0.15, -0.1) is 0 Å². The van der Waals surface area contributed by atoms with Gasteiger partial charge in [-0.3, -0.25) is 4.79 Å². The number of rotatable bonds is 8. The Labute approximate surface area is 151 Å². The van der Waals surface area contributed by atoms with Crippen LogP contribution in [0.4, 0.5) is 10.5 Å². The number of amides is 3. The molecule has 6 heteroatoms. The number of hydrogen-bond donors (Lipinski definition) is 3. The first kappa shape index (κ1) is 21.0. The van der Waals surface area contributed by atoms with Crippen LogP contribution in [0.5, 0.6) is 0 Å². The van der Waals surface area contributed by atoms with Crippen molar-refractivity contribution in [3.8, 4) is 0 Å². The Morgan fingerprint density at radius 3 is 2.28 bits per heavy atom. The Kier molecular flexibility index (Phi) is 7.90. The lowest BCUT2D eigenvalue weighted by Crippen LogP contribution is -2.41. The molecule has 1 aromatic carbocycles. The van der Waals surface area contributed by atoms with E-state index < -0.39 is 0 Å². The lowest BCUT2D eigenvalue weighted by molar-refractivity contribution is 0.0939. The number of nitrogens with zero attached hydrogens (tertiary/aromatic N) is 1. The quantitative estimate of drug-likeness (QED) is 0.676. The van der Waals surface area contributed by atoms with E-state index in [0.717, 1.165) is 13.0 Å². The van der Waals surface area contributed by atoms with Crippen molar-refractivity contribution in [2.45, 2.75) is 40.2 Å². The van der Waals surface area contributed by atoms with Crippen LogP contribution in [0.15, 0.2) is 24.3 Å². The van der Waals surface area contributed by atoms with Gasteiger partial charge in [-0.05, 0) is 57.1 Å². The SMILES string of the molecule is CC[C@H](C)NC(=O)c1ccc(NC(=O)NCC(C)(C)CN(C)C)cc1. The number of carbonyl (C=O) groups is 2. The van der Waals surface area contributed by atoms with E-state index >= 15 is 0 Å². The second-order valence-electron chi connectivity index (χ2n) is 7.57. The van der Waals surface area contributed by atoms with Gasteiger partial charge in [0, 0.05) is 30.4 Å². The van der Waals surface area contributed by atoms with E-state index in [-0.39, 0.29) is 23.4 Å². The van der Waals surface area contributed by atoms with Crippen molar-refractivity contribution in [2.75, 3.05) is 32.5 Å². The number of benzene rings is 1. The lowest BCUT2D eigenvalue weighted by Gasteiger charge is -2.28. The molecule has 0 aliphatic heterocycles. The van der Waals surface area contributed by atoms with Crippen molar-refractivity contribution >= 4 is 17.6 Å². The minimum absolute atomic E-state index is 0.0151. The summed E-state index contributed by atoms with van der Waals surface area (Å²) in [5.74, 6) is -0.101. The minimum atomic E-state index is -0.247. The number of carbonyl (C=O) groups excluding carboxylic acids is 2. The zero-order valence-corrected chi connectivity index (χ0v) is 16.3. The second-order valence-corrected chi connectivity index (χ2v) is 7.57. The zero-order valence-electron chi connectivity index (χ0n) is 16.3.